The molecule has 1 aliphatic rings. The van der Waals surface area contributed by atoms with Crippen molar-refractivity contribution in [2.45, 2.75) is 38.6 Å². The fourth-order valence-corrected chi connectivity index (χ4v) is 3.32. The van der Waals surface area contributed by atoms with E-state index < -0.39 is 11.9 Å². The van der Waals surface area contributed by atoms with Gasteiger partial charge in [-0.3, -0.25) is 4.79 Å². The number of amides is 1. The third-order valence-corrected chi connectivity index (χ3v) is 4.78. The van der Waals surface area contributed by atoms with E-state index in [9.17, 15) is 13.6 Å². The lowest BCUT2D eigenvalue weighted by atomic mass is 9.78. The highest BCUT2D eigenvalue weighted by Crippen LogP contribution is 2.32. The predicted molar refractivity (Wildman–Crippen MR) is 84.0 cm³/mol. The topological polar surface area (TPSA) is 66.9 Å². The predicted octanol–water partition coefficient (Wildman–Crippen LogP) is 3.54. The van der Waals surface area contributed by atoms with E-state index in [1.54, 1.807) is 6.92 Å². The average molecular weight is 338 g/mol. The fourth-order valence-electron chi connectivity index (χ4n) is 2.49. The fraction of sp³-hybridized carbons (Fsp3) is 0.400. The van der Waals surface area contributed by atoms with E-state index in [4.69, 9.17) is 0 Å². The summed E-state index contributed by atoms with van der Waals surface area (Å²) in [4.78, 5) is 20.3. The Morgan fingerprint density at radius 2 is 1.91 bits per heavy atom. The van der Waals surface area contributed by atoms with E-state index in [2.05, 4.69) is 20.6 Å². The number of nitrogens with zero attached hydrogens (tertiary/aromatic N) is 2. The zero-order chi connectivity index (χ0) is 16.6. The minimum atomic E-state index is -0.920. The number of carbonyl (C=O) groups is 1. The Morgan fingerprint density at radius 1 is 1.26 bits per heavy atom. The summed E-state index contributed by atoms with van der Waals surface area (Å²) < 4.78 is 26.2. The van der Waals surface area contributed by atoms with E-state index in [0.717, 1.165) is 36.3 Å². The molecule has 3 rings (SSSR count). The molecule has 0 radical (unpaired) electrons. The smallest absolute Gasteiger partial charge is 0.271 e. The molecule has 1 amide bonds. The molecule has 1 fully saturated rings. The van der Waals surface area contributed by atoms with Crippen LogP contribution in [-0.4, -0.2) is 21.4 Å². The highest BCUT2D eigenvalue weighted by Gasteiger charge is 2.34. The van der Waals surface area contributed by atoms with Crippen molar-refractivity contribution in [2.75, 3.05) is 5.32 Å². The molecule has 1 saturated carbocycles. The molecule has 0 saturated heterocycles. The summed E-state index contributed by atoms with van der Waals surface area (Å²) in [6, 6.07) is 2.13. The Bertz CT molecular complexity index is 738. The molecule has 0 unspecified atom stereocenters. The highest BCUT2D eigenvalue weighted by atomic mass is 32.1. The zero-order valence-electron chi connectivity index (χ0n) is 12.7. The molecule has 23 heavy (non-hydrogen) atoms. The molecule has 0 aromatic carbocycles. The summed E-state index contributed by atoms with van der Waals surface area (Å²) in [5.74, 6) is -2.06. The molecule has 0 bridgehead atoms. The van der Waals surface area contributed by atoms with Gasteiger partial charge in [-0.1, -0.05) is 0 Å². The molecule has 8 heteroatoms. The number of rotatable bonds is 4. The van der Waals surface area contributed by atoms with Crippen molar-refractivity contribution in [2.24, 2.45) is 0 Å². The molecular formula is C15H16F2N4OS. The number of halogens is 2. The van der Waals surface area contributed by atoms with Crippen LogP contribution in [0.2, 0.25) is 0 Å². The largest absolute Gasteiger partial charge is 0.346 e. The summed E-state index contributed by atoms with van der Waals surface area (Å²) in [5.41, 5.74) is 0.375. The number of hydrogen-bond acceptors (Lipinski definition) is 5. The second-order valence-electron chi connectivity index (χ2n) is 5.92. The number of anilines is 2. The van der Waals surface area contributed by atoms with Gasteiger partial charge in [-0.2, -0.15) is 13.8 Å². The first-order valence-corrected chi connectivity index (χ1v) is 8.06. The van der Waals surface area contributed by atoms with Gasteiger partial charge in [0.25, 0.3) is 5.91 Å². The van der Waals surface area contributed by atoms with Gasteiger partial charge < -0.3 is 10.6 Å². The first-order valence-electron chi connectivity index (χ1n) is 7.25. The lowest BCUT2D eigenvalue weighted by molar-refractivity contribution is 0.0845. The lowest BCUT2D eigenvalue weighted by Crippen LogP contribution is -2.51. The normalized spacial score (nSPS) is 15.8. The minimum absolute atomic E-state index is 0.155. The van der Waals surface area contributed by atoms with Crippen molar-refractivity contribution in [1.29, 1.82) is 0 Å². The first-order chi connectivity index (χ1) is 10.8. The van der Waals surface area contributed by atoms with E-state index in [1.807, 2.05) is 6.92 Å². The zero-order valence-corrected chi connectivity index (χ0v) is 13.6. The quantitative estimate of drug-likeness (QED) is 0.837. The number of pyridine rings is 1. The maximum absolute atomic E-state index is 13.1. The van der Waals surface area contributed by atoms with Crippen molar-refractivity contribution in [3.05, 3.63) is 34.6 Å². The van der Waals surface area contributed by atoms with Crippen molar-refractivity contribution in [1.82, 2.24) is 15.3 Å². The number of carbonyl (C=O) groups excluding carboxylic acids is 1. The van der Waals surface area contributed by atoms with Gasteiger partial charge in [0.05, 0.1) is 0 Å². The highest BCUT2D eigenvalue weighted by molar-refractivity contribution is 7.15. The van der Waals surface area contributed by atoms with Crippen LogP contribution in [0.1, 0.15) is 41.6 Å². The van der Waals surface area contributed by atoms with E-state index in [0.29, 0.717) is 10.8 Å². The molecule has 2 aromatic rings. The van der Waals surface area contributed by atoms with E-state index >= 15 is 0 Å². The molecule has 5 nitrogen and oxygen atoms in total. The van der Waals surface area contributed by atoms with Crippen LogP contribution in [0.4, 0.5) is 19.6 Å². The van der Waals surface area contributed by atoms with Crippen molar-refractivity contribution >= 4 is 28.1 Å². The van der Waals surface area contributed by atoms with E-state index in [-0.39, 0.29) is 17.1 Å². The van der Waals surface area contributed by atoms with Gasteiger partial charge in [0.1, 0.15) is 5.69 Å². The van der Waals surface area contributed by atoms with Crippen molar-refractivity contribution in [3.63, 3.8) is 0 Å². The van der Waals surface area contributed by atoms with Crippen LogP contribution in [0.5, 0.6) is 0 Å². The van der Waals surface area contributed by atoms with Gasteiger partial charge in [-0.25, -0.2) is 4.98 Å². The second-order valence-corrected chi connectivity index (χ2v) is 7.12. The molecule has 122 valence electrons. The Labute approximate surface area is 136 Å². The molecule has 0 atom stereocenters. The summed E-state index contributed by atoms with van der Waals surface area (Å²) in [6.07, 6.45) is 3.03. The molecule has 2 heterocycles. The summed E-state index contributed by atoms with van der Waals surface area (Å²) in [7, 11) is 0. The Hall–Kier alpha value is -2.09. The minimum Gasteiger partial charge on any atom is -0.346 e. The summed E-state index contributed by atoms with van der Waals surface area (Å²) in [6.45, 7) is 3.80. The lowest BCUT2D eigenvalue weighted by Gasteiger charge is -2.38. The van der Waals surface area contributed by atoms with Crippen LogP contribution in [0, 0.1) is 18.8 Å². The van der Waals surface area contributed by atoms with Gasteiger partial charge >= 0.3 is 0 Å². The SMILES string of the molecule is Cc1sc(Nc2cc(F)nc(F)c2)nc1C(=O)NC1(C)CCC1. The standard InChI is InChI=1S/C15H16F2N4OS/c1-8-12(13(22)21-15(2)4-3-5-15)20-14(23-8)18-9-6-10(16)19-11(17)7-9/h6-7H,3-5H2,1-2H3,(H,21,22)(H,18,19,20). The third-order valence-electron chi connectivity index (χ3n) is 3.90. The average Bonchev–Trinajstić information content (AvgIpc) is 2.76. The summed E-state index contributed by atoms with van der Waals surface area (Å²) >= 11 is 1.25. The van der Waals surface area contributed by atoms with Gasteiger partial charge in [-0.05, 0) is 33.1 Å². The number of hydrogen-bond donors (Lipinski definition) is 2. The van der Waals surface area contributed by atoms with Gasteiger partial charge in [0.15, 0.2) is 5.13 Å². The van der Waals surface area contributed by atoms with Crippen LogP contribution in [-0.2, 0) is 0 Å². The van der Waals surface area contributed by atoms with E-state index in [1.165, 1.54) is 11.3 Å². The van der Waals surface area contributed by atoms with Crippen LogP contribution in [0.15, 0.2) is 12.1 Å². The third kappa shape index (κ3) is 3.47. The van der Waals surface area contributed by atoms with Crippen molar-refractivity contribution in [3.8, 4) is 0 Å². The molecular weight excluding hydrogens is 322 g/mol. The Balaban J connectivity index is 1.76. The Morgan fingerprint density at radius 3 is 2.48 bits per heavy atom. The number of thiazole rings is 1. The van der Waals surface area contributed by atoms with Crippen LogP contribution in [0.25, 0.3) is 0 Å². The first kappa shape index (κ1) is 15.8. The molecule has 1 aliphatic carbocycles. The maximum Gasteiger partial charge on any atom is 0.271 e. The molecule has 2 aromatic heterocycles. The monoisotopic (exact) mass is 338 g/mol. The molecule has 0 aliphatic heterocycles. The molecule has 0 spiro atoms. The van der Waals surface area contributed by atoms with Crippen LogP contribution in [0.3, 0.4) is 0 Å². The summed E-state index contributed by atoms with van der Waals surface area (Å²) in [5, 5.41) is 6.19. The molecule has 2 N–H and O–H groups in total. The Kier molecular flexibility index (Phi) is 4.01. The van der Waals surface area contributed by atoms with Crippen molar-refractivity contribution < 1.29 is 13.6 Å². The van der Waals surface area contributed by atoms with Gasteiger partial charge in [0, 0.05) is 28.2 Å². The van der Waals surface area contributed by atoms with Gasteiger partial charge in [0.2, 0.25) is 11.9 Å². The van der Waals surface area contributed by atoms with Gasteiger partial charge in [-0.15, -0.1) is 11.3 Å². The number of aryl methyl sites for hydroxylation is 1. The number of nitrogens with one attached hydrogen (secondary N) is 2. The van der Waals surface area contributed by atoms with Crippen LogP contribution >= 0.6 is 11.3 Å². The number of aromatic nitrogens is 2. The maximum atomic E-state index is 13.1. The van der Waals surface area contributed by atoms with Crippen LogP contribution < -0.4 is 10.6 Å². The second kappa shape index (κ2) is 5.84.